The average Bonchev–Trinajstić information content (AvgIpc) is 3.53. The smallest absolute Gasteiger partial charge is 0.384 e. The maximum absolute atomic E-state index is 13.3. The van der Waals surface area contributed by atoms with Crippen molar-refractivity contribution in [2.24, 2.45) is 5.92 Å². The Morgan fingerprint density at radius 3 is 2.76 bits per heavy atom. The van der Waals surface area contributed by atoms with Gasteiger partial charge in [0.05, 0.1) is 18.0 Å². The summed E-state index contributed by atoms with van der Waals surface area (Å²) in [6.45, 7) is 6.67. The van der Waals surface area contributed by atoms with Gasteiger partial charge < -0.3 is 19.7 Å². The number of hydrogen-bond donors (Lipinski definition) is 1. The van der Waals surface area contributed by atoms with Crippen molar-refractivity contribution < 1.29 is 13.2 Å². The first-order valence-corrected chi connectivity index (χ1v) is 12.4. The van der Waals surface area contributed by atoms with Crippen LogP contribution in [0.15, 0.2) is 17.8 Å². The highest BCUT2D eigenvalue weighted by molar-refractivity contribution is 7.18. The number of fused-ring (bicyclic) bond motifs is 3. The molecule has 34 heavy (non-hydrogen) atoms. The van der Waals surface area contributed by atoms with E-state index in [-0.39, 0.29) is 13.1 Å². The molecular weight excluding hydrogens is 465 g/mol. The van der Waals surface area contributed by atoms with Crippen LogP contribution in [0.4, 0.5) is 24.9 Å². The number of anilines is 2. The molecule has 0 spiro atoms. The molecule has 12 heteroatoms. The lowest BCUT2D eigenvalue weighted by Gasteiger charge is -2.30. The van der Waals surface area contributed by atoms with E-state index >= 15 is 0 Å². The van der Waals surface area contributed by atoms with Crippen LogP contribution in [0.3, 0.4) is 0 Å². The number of thiophene rings is 1. The number of allylic oxidation sites excluding steroid dienone is 1. The Bertz CT molecular complexity index is 1280. The van der Waals surface area contributed by atoms with Crippen LogP contribution in [-0.4, -0.2) is 50.4 Å². The molecule has 180 valence electrons. The summed E-state index contributed by atoms with van der Waals surface area (Å²) in [5, 5.41) is 11.7. The van der Waals surface area contributed by atoms with Gasteiger partial charge in [0.2, 0.25) is 11.8 Å². The zero-order valence-electron chi connectivity index (χ0n) is 18.9. The van der Waals surface area contributed by atoms with Gasteiger partial charge in [-0.1, -0.05) is 19.4 Å². The second kappa shape index (κ2) is 7.82. The van der Waals surface area contributed by atoms with Crippen molar-refractivity contribution >= 4 is 33.3 Å². The van der Waals surface area contributed by atoms with Gasteiger partial charge in [0.25, 0.3) is 0 Å². The normalized spacial score (nSPS) is 22.2. The monoisotopic (exact) mass is 490 g/mol. The van der Waals surface area contributed by atoms with Gasteiger partial charge in [-0.15, -0.1) is 21.5 Å². The molecule has 3 aliphatic rings. The second-order valence-electron chi connectivity index (χ2n) is 9.21. The van der Waals surface area contributed by atoms with Crippen LogP contribution in [0.2, 0.25) is 0 Å². The molecule has 8 nitrogen and oxygen atoms in total. The average molecular weight is 491 g/mol. The molecule has 0 radical (unpaired) electrons. The SMILES string of the molecule is CCCc1cc2c(N3CCn4c(nnc4C(F)(F)F)C3)nc(N3CC4C=C(C)NC4C3)nc2s1. The summed E-state index contributed by atoms with van der Waals surface area (Å²) in [7, 11) is 0. The van der Waals surface area contributed by atoms with Crippen molar-refractivity contribution in [1.82, 2.24) is 30.0 Å². The molecule has 0 aromatic carbocycles. The van der Waals surface area contributed by atoms with Gasteiger partial charge in [0, 0.05) is 42.7 Å². The number of aryl methyl sites for hydroxylation is 1. The van der Waals surface area contributed by atoms with Crippen LogP contribution in [0.1, 0.15) is 36.8 Å². The van der Waals surface area contributed by atoms with Crippen molar-refractivity contribution in [1.29, 1.82) is 0 Å². The zero-order valence-corrected chi connectivity index (χ0v) is 19.7. The molecule has 1 fully saturated rings. The van der Waals surface area contributed by atoms with E-state index in [1.807, 2.05) is 4.90 Å². The van der Waals surface area contributed by atoms with E-state index in [9.17, 15) is 13.2 Å². The fraction of sp³-hybridized carbons (Fsp3) is 0.545. The fourth-order valence-corrected chi connectivity index (χ4v) is 6.34. The van der Waals surface area contributed by atoms with E-state index in [1.54, 1.807) is 11.3 Å². The standard InChI is InChI=1S/C22H25F3N8S/c1-3-4-14-8-15-18(31-5-6-33-17(11-31)29-30-20(33)22(23,24)25)27-21(28-19(15)34-14)32-9-13-7-12(2)26-16(13)10-32/h7-8,13,16,26H,3-6,9-11H2,1-2H3. The van der Waals surface area contributed by atoms with Crippen LogP contribution in [0, 0.1) is 5.92 Å². The van der Waals surface area contributed by atoms with E-state index in [1.165, 1.54) is 15.1 Å². The van der Waals surface area contributed by atoms with Crippen molar-refractivity contribution in [2.45, 2.75) is 52.0 Å². The number of hydrogen-bond acceptors (Lipinski definition) is 8. The molecule has 1 saturated heterocycles. The van der Waals surface area contributed by atoms with Gasteiger partial charge in [-0.05, 0) is 19.4 Å². The van der Waals surface area contributed by atoms with Gasteiger partial charge in [0.1, 0.15) is 10.6 Å². The summed E-state index contributed by atoms with van der Waals surface area (Å²) in [5.74, 6) is 1.24. The molecule has 3 aliphatic heterocycles. The van der Waals surface area contributed by atoms with Gasteiger partial charge >= 0.3 is 6.18 Å². The minimum atomic E-state index is -4.51. The lowest BCUT2D eigenvalue weighted by Crippen LogP contribution is -2.36. The number of alkyl halides is 3. The minimum Gasteiger partial charge on any atom is -0.384 e. The molecular formula is C22H25F3N8S. The molecule has 3 aromatic rings. The first-order valence-electron chi connectivity index (χ1n) is 11.5. The van der Waals surface area contributed by atoms with Crippen molar-refractivity contribution in [3.8, 4) is 0 Å². The molecule has 6 heterocycles. The number of nitrogens with one attached hydrogen (secondary N) is 1. The molecule has 1 N–H and O–H groups in total. The van der Waals surface area contributed by atoms with Crippen LogP contribution in [0.5, 0.6) is 0 Å². The van der Waals surface area contributed by atoms with Crippen LogP contribution in [0.25, 0.3) is 10.2 Å². The van der Waals surface area contributed by atoms with Crippen LogP contribution < -0.4 is 15.1 Å². The highest BCUT2D eigenvalue weighted by Gasteiger charge is 2.40. The Morgan fingerprint density at radius 2 is 2.00 bits per heavy atom. The molecule has 2 unspecified atom stereocenters. The Labute approximate surface area is 198 Å². The summed E-state index contributed by atoms with van der Waals surface area (Å²) in [5.41, 5.74) is 1.21. The van der Waals surface area contributed by atoms with Crippen molar-refractivity contribution in [3.05, 3.63) is 34.4 Å². The Balaban J connectivity index is 1.37. The molecule has 0 bridgehead atoms. The molecule has 0 amide bonds. The van der Waals surface area contributed by atoms with E-state index in [4.69, 9.17) is 9.97 Å². The van der Waals surface area contributed by atoms with Crippen molar-refractivity contribution in [2.75, 3.05) is 29.4 Å². The zero-order chi connectivity index (χ0) is 23.6. The number of halogens is 3. The van der Waals surface area contributed by atoms with Gasteiger partial charge in [-0.3, -0.25) is 0 Å². The quantitative estimate of drug-likeness (QED) is 0.599. The maximum Gasteiger partial charge on any atom is 0.451 e. The van der Waals surface area contributed by atoms with Gasteiger partial charge in [0.15, 0.2) is 5.82 Å². The first kappa shape index (κ1) is 21.6. The lowest BCUT2D eigenvalue weighted by atomic mass is 10.1. The third-order valence-corrected chi connectivity index (χ3v) is 7.83. The highest BCUT2D eigenvalue weighted by Crippen LogP contribution is 2.37. The topological polar surface area (TPSA) is 75.0 Å². The molecule has 3 aromatic heterocycles. The van der Waals surface area contributed by atoms with Crippen LogP contribution in [-0.2, 0) is 25.7 Å². The summed E-state index contributed by atoms with van der Waals surface area (Å²) >= 11 is 1.67. The number of nitrogens with zero attached hydrogens (tertiary/aromatic N) is 7. The van der Waals surface area contributed by atoms with E-state index < -0.39 is 12.0 Å². The summed E-state index contributed by atoms with van der Waals surface area (Å²) < 4.78 is 41.0. The fourth-order valence-electron chi connectivity index (χ4n) is 5.22. The molecule has 0 aliphatic carbocycles. The lowest BCUT2D eigenvalue weighted by molar-refractivity contribution is -0.147. The first-order chi connectivity index (χ1) is 16.3. The van der Waals surface area contributed by atoms with Gasteiger partial charge in [-0.25, -0.2) is 4.98 Å². The highest BCUT2D eigenvalue weighted by atomic mass is 32.1. The largest absolute Gasteiger partial charge is 0.451 e. The molecule has 2 atom stereocenters. The maximum atomic E-state index is 13.3. The summed E-state index contributed by atoms with van der Waals surface area (Å²) in [6.07, 6.45) is -0.257. The molecule has 6 rings (SSSR count). The van der Waals surface area contributed by atoms with E-state index in [2.05, 4.69) is 46.4 Å². The second-order valence-corrected chi connectivity index (χ2v) is 10.3. The summed E-state index contributed by atoms with van der Waals surface area (Å²) in [4.78, 5) is 16.3. The summed E-state index contributed by atoms with van der Waals surface area (Å²) in [6, 6.07) is 2.49. The van der Waals surface area contributed by atoms with E-state index in [0.29, 0.717) is 30.3 Å². The Hall–Kier alpha value is -2.89. The third-order valence-electron chi connectivity index (χ3n) is 6.74. The number of aromatic nitrogens is 5. The molecule has 0 saturated carbocycles. The predicted octanol–water partition coefficient (Wildman–Crippen LogP) is 3.59. The van der Waals surface area contributed by atoms with Crippen molar-refractivity contribution in [3.63, 3.8) is 0 Å². The van der Waals surface area contributed by atoms with E-state index in [0.717, 1.165) is 42.0 Å². The predicted molar refractivity (Wildman–Crippen MR) is 124 cm³/mol. The number of rotatable bonds is 4. The third kappa shape index (κ3) is 3.58. The minimum absolute atomic E-state index is 0.159. The van der Waals surface area contributed by atoms with Crippen LogP contribution >= 0.6 is 11.3 Å². The van der Waals surface area contributed by atoms with Gasteiger partial charge in [-0.2, -0.15) is 18.2 Å². The Morgan fingerprint density at radius 1 is 1.15 bits per heavy atom. The Kier molecular flexibility index (Phi) is 4.98.